The third-order valence-corrected chi connectivity index (χ3v) is 6.04. The number of rotatable bonds is 4. The molecular weight excluding hydrogens is 360 g/mol. The number of hydrogen-bond acceptors (Lipinski definition) is 6. The lowest BCUT2D eigenvalue weighted by molar-refractivity contribution is -0.136. The molecule has 8 nitrogen and oxygen atoms in total. The molecule has 2 fully saturated rings. The van der Waals surface area contributed by atoms with Crippen molar-refractivity contribution >= 4 is 23.6 Å². The predicted molar refractivity (Wildman–Crippen MR) is 100 cm³/mol. The average Bonchev–Trinajstić information content (AvgIpc) is 3.15. The third-order valence-electron chi connectivity index (χ3n) is 6.04. The van der Waals surface area contributed by atoms with E-state index in [0.717, 1.165) is 30.0 Å². The second kappa shape index (κ2) is 6.79. The highest BCUT2D eigenvalue weighted by atomic mass is 16.2. The first-order chi connectivity index (χ1) is 13.3. The molecule has 3 aliphatic heterocycles. The molecule has 0 spiro atoms. The van der Waals surface area contributed by atoms with Gasteiger partial charge >= 0.3 is 0 Å². The summed E-state index contributed by atoms with van der Waals surface area (Å²) in [5.74, 6) is -1.91. The normalized spacial score (nSPS) is 28.1. The minimum absolute atomic E-state index is 0.115. The van der Waals surface area contributed by atoms with Gasteiger partial charge in [0.1, 0.15) is 6.04 Å². The third kappa shape index (κ3) is 3.12. The summed E-state index contributed by atoms with van der Waals surface area (Å²) in [6, 6.07) is 4.34. The predicted octanol–water partition coefficient (Wildman–Crippen LogP) is 0.259. The number of nitrogens with zero attached hydrogens (tertiary/aromatic N) is 2. The Kier molecular flexibility index (Phi) is 4.55. The number of hydrogen-bond donors (Lipinski definition) is 2. The maximum absolute atomic E-state index is 12.9. The van der Waals surface area contributed by atoms with Gasteiger partial charge in [0, 0.05) is 19.5 Å². The summed E-state index contributed by atoms with van der Waals surface area (Å²) in [7, 11) is 0. The highest BCUT2D eigenvalue weighted by Gasteiger charge is 2.44. The molecule has 4 rings (SSSR count). The quantitative estimate of drug-likeness (QED) is 0.720. The molecule has 1 aromatic carbocycles. The Hall–Kier alpha value is -2.58. The summed E-state index contributed by atoms with van der Waals surface area (Å²) in [6.45, 7) is 5.34. The molecule has 8 heteroatoms. The molecule has 0 aromatic heterocycles. The second-order valence-electron chi connectivity index (χ2n) is 8.30. The fraction of sp³-hybridized carbons (Fsp3) is 0.500. The maximum Gasteiger partial charge on any atom is 0.262 e. The smallest absolute Gasteiger partial charge is 0.262 e. The van der Waals surface area contributed by atoms with Crippen molar-refractivity contribution in [2.75, 3.05) is 19.6 Å². The van der Waals surface area contributed by atoms with Crippen molar-refractivity contribution in [2.24, 2.45) is 11.1 Å². The lowest BCUT2D eigenvalue weighted by atomic mass is 9.90. The second-order valence-corrected chi connectivity index (χ2v) is 8.30. The molecule has 0 radical (unpaired) electrons. The fourth-order valence-corrected chi connectivity index (χ4v) is 4.30. The van der Waals surface area contributed by atoms with Crippen LogP contribution in [-0.2, 0) is 16.1 Å². The number of carbonyl (C=O) groups is 4. The van der Waals surface area contributed by atoms with E-state index in [4.69, 9.17) is 5.73 Å². The van der Waals surface area contributed by atoms with Gasteiger partial charge in [-0.2, -0.15) is 0 Å². The van der Waals surface area contributed by atoms with E-state index < -0.39 is 23.8 Å². The molecule has 3 aliphatic rings. The van der Waals surface area contributed by atoms with Crippen LogP contribution in [0.5, 0.6) is 0 Å². The number of fused-ring (bicyclic) bond motifs is 1. The highest BCUT2D eigenvalue weighted by molar-refractivity contribution is 6.23. The van der Waals surface area contributed by atoms with Crippen LogP contribution >= 0.6 is 0 Å². The van der Waals surface area contributed by atoms with Crippen LogP contribution in [0.25, 0.3) is 0 Å². The molecular formula is C20H24N4O4. The largest absolute Gasteiger partial charge is 0.330 e. The zero-order chi connectivity index (χ0) is 20.1. The van der Waals surface area contributed by atoms with E-state index in [1.807, 2.05) is 6.07 Å². The Morgan fingerprint density at radius 2 is 1.93 bits per heavy atom. The monoisotopic (exact) mass is 384 g/mol. The van der Waals surface area contributed by atoms with Gasteiger partial charge < -0.3 is 5.73 Å². The van der Waals surface area contributed by atoms with Crippen molar-refractivity contribution in [3.05, 3.63) is 34.9 Å². The molecule has 2 unspecified atom stereocenters. The number of carbonyl (C=O) groups excluding carboxylic acids is 4. The van der Waals surface area contributed by atoms with E-state index in [9.17, 15) is 19.2 Å². The first-order valence-corrected chi connectivity index (χ1v) is 9.58. The molecule has 0 bridgehead atoms. The fourth-order valence-electron chi connectivity index (χ4n) is 4.30. The summed E-state index contributed by atoms with van der Waals surface area (Å²) in [6.07, 6.45) is 1.31. The summed E-state index contributed by atoms with van der Waals surface area (Å²) in [5, 5.41) is 2.21. The van der Waals surface area contributed by atoms with Gasteiger partial charge in [-0.25, -0.2) is 0 Å². The molecule has 28 heavy (non-hydrogen) atoms. The number of nitrogens with one attached hydrogen (secondary N) is 1. The average molecular weight is 384 g/mol. The number of piperidine rings is 1. The molecule has 0 aliphatic carbocycles. The number of imide groups is 2. The van der Waals surface area contributed by atoms with Gasteiger partial charge in [-0.05, 0) is 49.0 Å². The summed E-state index contributed by atoms with van der Waals surface area (Å²) < 4.78 is 0. The molecule has 3 N–H and O–H groups in total. The first kappa shape index (κ1) is 18.8. The van der Waals surface area contributed by atoms with E-state index >= 15 is 0 Å². The molecule has 3 heterocycles. The van der Waals surface area contributed by atoms with Crippen LogP contribution in [0.1, 0.15) is 52.5 Å². The topological polar surface area (TPSA) is 113 Å². The molecule has 2 saturated heterocycles. The van der Waals surface area contributed by atoms with Crippen LogP contribution in [0.15, 0.2) is 18.2 Å². The molecule has 4 amide bonds. The van der Waals surface area contributed by atoms with Crippen LogP contribution in [0.3, 0.4) is 0 Å². The van der Waals surface area contributed by atoms with Crippen LogP contribution in [0, 0.1) is 5.41 Å². The Morgan fingerprint density at radius 1 is 1.18 bits per heavy atom. The zero-order valence-corrected chi connectivity index (χ0v) is 15.9. The molecule has 2 atom stereocenters. The maximum atomic E-state index is 12.9. The highest BCUT2D eigenvalue weighted by Crippen LogP contribution is 2.31. The van der Waals surface area contributed by atoms with Gasteiger partial charge in [0.15, 0.2) is 0 Å². The number of nitrogens with two attached hydrogens (primary N) is 1. The molecule has 1 aromatic rings. The van der Waals surface area contributed by atoms with E-state index in [1.165, 1.54) is 0 Å². The van der Waals surface area contributed by atoms with E-state index in [2.05, 4.69) is 17.1 Å². The summed E-state index contributed by atoms with van der Waals surface area (Å²) >= 11 is 0. The minimum Gasteiger partial charge on any atom is -0.330 e. The molecule has 0 saturated carbocycles. The van der Waals surface area contributed by atoms with Crippen molar-refractivity contribution in [1.82, 2.24) is 15.1 Å². The Balaban J connectivity index is 1.53. The van der Waals surface area contributed by atoms with Crippen LogP contribution in [0.2, 0.25) is 0 Å². The van der Waals surface area contributed by atoms with Crippen LogP contribution < -0.4 is 11.1 Å². The van der Waals surface area contributed by atoms with Crippen molar-refractivity contribution in [2.45, 2.75) is 38.8 Å². The molecule has 148 valence electrons. The Labute approximate surface area is 163 Å². The summed E-state index contributed by atoms with van der Waals surface area (Å²) in [5.41, 5.74) is 7.57. The van der Waals surface area contributed by atoms with E-state index in [0.29, 0.717) is 24.2 Å². The minimum atomic E-state index is -0.933. The van der Waals surface area contributed by atoms with Gasteiger partial charge in [-0.1, -0.05) is 13.0 Å². The Morgan fingerprint density at radius 3 is 2.61 bits per heavy atom. The number of likely N-dealkylation sites (tertiary alicyclic amines) is 1. The van der Waals surface area contributed by atoms with Gasteiger partial charge in [-0.15, -0.1) is 0 Å². The van der Waals surface area contributed by atoms with Gasteiger partial charge in [0.25, 0.3) is 11.8 Å². The lowest BCUT2D eigenvalue weighted by Crippen LogP contribution is -2.54. The zero-order valence-electron chi connectivity index (χ0n) is 15.9. The Bertz CT molecular complexity index is 883. The van der Waals surface area contributed by atoms with Crippen molar-refractivity contribution in [1.29, 1.82) is 0 Å². The van der Waals surface area contributed by atoms with E-state index in [1.54, 1.807) is 12.1 Å². The van der Waals surface area contributed by atoms with Crippen molar-refractivity contribution in [3.63, 3.8) is 0 Å². The van der Waals surface area contributed by atoms with Crippen molar-refractivity contribution in [3.8, 4) is 0 Å². The van der Waals surface area contributed by atoms with Crippen LogP contribution in [0.4, 0.5) is 0 Å². The van der Waals surface area contributed by atoms with Gasteiger partial charge in [0.2, 0.25) is 11.8 Å². The van der Waals surface area contributed by atoms with Gasteiger partial charge in [-0.3, -0.25) is 34.3 Å². The first-order valence-electron chi connectivity index (χ1n) is 9.58. The SMILES string of the molecule is CC1(CN)CCN(Cc2ccc3c(c2)C(=O)N(C2CCC(=O)NC2=O)C3=O)C1. The van der Waals surface area contributed by atoms with Crippen molar-refractivity contribution < 1.29 is 19.2 Å². The summed E-state index contributed by atoms with van der Waals surface area (Å²) in [4.78, 5) is 52.4. The number of benzene rings is 1. The van der Waals surface area contributed by atoms with Gasteiger partial charge in [0.05, 0.1) is 11.1 Å². The lowest BCUT2D eigenvalue weighted by Gasteiger charge is -2.27. The van der Waals surface area contributed by atoms with Crippen LogP contribution in [-0.4, -0.2) is 59.1 Å². The van der Waals surface area contributed by atoms with E-state index in [-0.39, 0.29) is 24.2 Å². The number of amides is 4. The standard InChI is InChI=1S/C20H24N4O4/c1-20(10-21)6-7-23(11-20)9-12-2-3-13-14(8-12)19(28)24(18(13)27)15-4-5-16(25)22-17(15)26/h2-3,8,15H,4-7,9-11,21H2,1H3,(H,22,25,26).